The predicted octanol–water partition coefficient (Wildman–Crippen LogP) is 3.46. The highest BCUT2D eigenvalue weighted by molar-refractivity contribution is 5.77. The smallest absolute Gasteiger partial charge is 0.220 e. The molecule has 1 aliphatic rings. The van der Waals surface area contributed by atoms with Gasteiger partial charge in [-0.05, 0) is 76.1 Å². The lowest BCUT2D eigenvalue weighted by atomic mass is 9.85. The van der Waals surface area contributed by atoms with Gasteiger partial charge in [0.25, 0.3) is 0 Å². The van der Waals surface area contributed by atoms with Gasteiger partial charge < -0.3 is 10.6 Å². The third kappa shape index (κ3) is 5.65. The molecule has 0 bridgehead atoms. The number of hydrogen-bond donors (Lipinski definition) is 2. The van der Waals surface area contributed by atoms with Gasteiger partial charge in [0.05, 0.1) is 0 Å². The molecule has 1 aromatic rings. The van der Waals surface area contributed by atoms with Crippen molar-refractivity contribution in [3.8, 4) is 0 Å². The second-order valence-electron chi connectivity index (χ2n) is 7.82. The normalized spacial score (nSPS) is 20.1. The minimum Gasteiger partial charge on any atom is -0.351 e. The minimum atomic E-state index is -0.215. The fraction of sp³-hybridized carbons (Fsp3) is 0.650. The number of piperidine rings is 1. The van der Waals surface area contributed by atoms with Crippen LogP contribution in [0.1, 0.15) is 51.2 Å². The maximum Gasteiger partial charge on any atom is 0.220 e. The summed E-state index contributed by atoms with van der Waals surface area (Å²) in [6, 6.07) is 8.41. The van der Waals surface area contributed by atoms with Crippen LogP contribution in [-0.2, 0) is 11.2 Å². The average Bonchev–Trinajstić information content (AvgIpc) is 2.49. The standard InChI is InChI=1S/C20H32N2O/c1-15-8-5-6-9-17(15)13-20(3,4)22-19(23)12-16(2)18-10-7-11-21-14-18/h5-6,8-9,16,18,21H,7,10-14H2,1-4H3,(H,22,23). The van der Waals surface area contributed by atoms with Gasteiger partial charge in [0.1, 0.15) is 0 Å². The summed E-state index contributed by atoms with van der Waals surface area (Å²) in [4.78, 5) is 12.5. The summed E-state index contributed by atoms with van der Waals surface area (Å²) in [6.07, 6.45) is 3.97. The van der Waals surface area contributed by atoms with E-state index in [1.165, 1.54) is 24.0 Å². The summed E-state index contributed by atoms with van der Waals surface area (Å²) in [6.45, 7) is 10.8. The van der Waals surface area contributed by atoms with Crippen LogP contribution in [0.15, 0.2) is 24.3 Å². The van der Waals surface area contributed by atoms with Gasteiger partial charge in [0, 0.05) is 12.0 Å². The van der Waals surface area contributed by atoms with E-state index in [1.54, 1.807) is 0 Å². The van der Waals surface area contributed by atoms with E-state index in [-0.39, 0.29) is 11.4 Å². The number of amides is 1. The molecule has 2 atom stereocenters. The molecule has 128 valence electrons. The number of rotatable bonds is 6. The molecule has 1 saturated heterocycles. The Bertz CT molecular complexity index is 518. The van der Waals surface area contributed by atoms with Crippen LogP contribution >= 0.6 is 0 Å². The van der Waals surface area contributed by atoms with Gasteiger partial charge in [-0.15, -0.1) is 0 Å². The number of benzene rings is 1. The van der Waals surface area contributed by atoms with Crippen molar-refractivity contribution >= 4 is 5.91 Å². The molecule has 2 N–H and O–H groups in total. The van der Waals surface area contributed by atoms with Crippen LogP contribution in [0.4, 0.5) is 0 Å². The predicted molar refractivity (Wildman–Crippen MR) is 96.5 cm³/mol. The van der Waals surface area contributed by atoms with Crippen molar-refractivity contribution < 1.29 is 4.79 Å². The topological polar surface area (TPSA) is 41.1 Å². The lowest BCUT2D eigenvalue weighted by molar-refractivity contribution is -0.123. The van der Waals surface area contributed by atoms with Crippen LogP contribution in [0, 0.1) is 18.8 Å². The second kappa shape index (κ2) is 7.96. The maximum atomic E-state index is 12.5. The first kappa shape index (κ1) is 18.0. The molecule has 2 rings (SSSR count). The van der Waals surface area contributed by atoms with Crippen LogP contribution in [-0.4, -0.2) is 24.5 Å². The first-order chi connectivity index (χ1) is 10.9. The largest absolute Gasteiger partial charge is 0.351 e. The molecule has 1 aromatic carbocycles. The molecule has 0 spiro atoms. The van der Waals surface area contributed by atoms with E-state index >= 15 is 0 Å². The molecular weight excluding hydrogens is 284 g/mol. The highest BCUT2D eigenvalue weighted by Gasteiger charge is 2.26. The molecule has 3 heteroatoms. The van der Waals surface area contributed by atoms with Crippen molar-refractivity contribution in [1.82, 2.24) is 10.6 Å². The summed E-state index contributed by atoms with van der Waals surface area (Å²) in [7, 11) is 0. The molecule has 1 heterocycles. The van der Waals surface area contributed by atoms with Crippen LogP contribution in [0.3, 0.4) is 0 Å². The second-order valence-corrected chi connectivity index (χ2v) is 7.82. The van der Waals surface area contributed by atoms with E-state index in [0.717, 1.165) is 19.5 Å². The van der Waals surface area contributed by atoms with Crippen molar-refractivity contribution in [3.05, 3.63) is 35.4 Å². The lowest BCUT2D eigenvalue weighted by Gasteiger charge is -2.31. The summed E-state index contributed by atoms with van der Waals surface area (Å²) in [5, 5.41) is 6.69. The molecule has 23 heavy (non-hydrogen) atoms. The molecular formula is C20H32N2O. The third-order valence-electron chi connectivity index (χ3n) is 5.02. The van der Waals surface area contributed by atoms with Crippen molar-refractivity contribution in [1.29, 1.82) is 0 Å². The van der Waals surface area contributed by atoms with Crippen molar-refractivity contribution in [2.75, 3.05) is 13.1 Å². The van der Waals surface area contributed by atoms with Gasteiger partial charge in [-0.25, -0.2) is 0 Å². The molecule has 0 radical (unpaired) electrons. The average molecular weight is 316 g/mol. The monoisotopic (exact) mass is 316 g/mol. The summed E-state index contributed by atoms with van der Waals surface area (Å²) in [5.74, 6) is 1.26. The first-order valence-corrected chi connectivity index (χ1v) is 8.93. The number of nitrogens with one attached hydrogen (secondary N) is 2. The zero-order valence-electron chi connectivity index (χ0n) is 15.1. The quantitative estimate of drug-likeness (QED) is 0.844. The SMILES string of the molecule is Cc1ccccc1CC(C)(C)NC(=O)CC(C)C1CCCNC1. The Morgan fingerprint density at radius 3 is 2.78 bits per heavy atom. The Balaban J connectivity index is 1.86. The Kier molecular flexibility index (Phi) is 6.23. The van der Waals surface area contributed by atoms with Gasteiger partial charge in [0.2, 0.25) is 5.91 Å². The Morgan fingerprint density at radius 2 is 2.13 bits per heavy atom. The van der Waals surface area contributed by atoms with Crippen molar-refractivity contribution in [2.45, 2.75) is 58.9 Å². The first-order valence-electron chi connectivity index (χ1n) is 8.93. The van der Waals surface area contributed by atoms with Gasteiger partial charge in [-0.2, -0.15) is 0 Å². The van der Waals surface area contributed by atoms with Gasteiger partial charge in [0.15, 0.2) is 0 Å². The van der Waals surface area contributed by atoms with E-state index < -0.39 is 0 Å². The van der Waals surface area contributed by atoms with Crippen LogP contribution in [0.2, 0.25) is 0 Å². The van der Waals surface area contributed by atoms with Crippen LogP contribution < -0.4 is 10.6 Å². The zero-order valence-corrected chi connectivity index (χ0v) is 15.1. The fourth-order valence-electron chi connectivity index (χ4n) is 3.58. The Labute approximate surface area is 141 Å². The molecule has 0 aliphatic carbocycles. The molecule has 2 unspecified atom stereocenters. The molecule has 1 fully saturated rings. The van der Waals surface area contributed by atoms with Crippen LogP contribution in [0.25, 0.3) is 0 Å². The fourth-order valence-corrected chi connectivity index (χ4v) is 3.58. The third-order valence-corrected chi connectivity index (χ3v) is 5.02. The molecule has 1 amide bonds. The van der Waals surface area contributed by atoms with Crippen LogP contribution in [0.5, 0.6) is 0 Å². The molecule has 0 aromatic heterocycles. The minimum absolute atomic E-state index is 0.182. The highest BCUT2D eigenvalue weighted by Crippen LogP contribution is 2.23. The van der Waals surface area contributed by atoms with E-state index in [9.17, 15) is 4.79 Å². The van der Waals surface area contributed by atoms with Crippen molar-refractivity contribution in [3.63, 3.8) is 0 Å². The van der Waals surface area contributed by atoms with Crippen molar-refractivity contribution in [2.24, 2.45) is 11.8 Å². The Hall–Kier alpha value is -1.35. The van der Waals surface area contributed by atoms with Gasteiger partial charge in [-0.3, -0.25) is 4.79 Å². The van der Waals surface area contributed by atoms with E-state index in [2.05, 4.69) is 62.6 Å². The lowest BCUT2D eigenvalue weighted by Crippen LogP contribution is -2.46. The molecule has 1 aliphatic heterocycles. The summed E-state index contributed by atoms with van der Waals surface area (Å²) >= 11 is 0. The maximum absolute atomic E-state index is 12.5. The molecule has 0 saturated carbocycles. The van der Waals surface area contributed by atoms with Gasteiger partial charge >= 0.3 is 0 Å². The molecule has 3 nitrogen and oxygen atoms in total. The Morgan fingerprint density at radius 1 is 1.39 bits per heavy atom. The zero-order chi connectivity index (χ0) is 16.9. The summed E-state index contributed by atoms with van der Waals surface area (Å²) < 4.78 is 0. The highest BCUT2D eigenvalue weighted by atomic mass is 16.1. The number of carbonyl (C=O) groups excluding carboxylic acids is 1. The van der Waals surface area contributed by atoms with Gasteiger partial charge in [-0.1, -0.05) is 31.2 Å². The summed E-state index contributed by atoms with van der Waals surface area (Å²) in [5.41, 5.74) is 2.38. The number of carbonyl (C=O) groups is 1. The van der Waals surface area contributed by atoms with E-state index in [0.29, 0.717) is 18.3 Å². The number of aryl methyl sites for hydroxylation is 1. The number of hydrogen-bond acceptors (Lipinski definition) is 2. The van der Waals surface area contributed by atoms with E-state index in [1.807, 2.05) is 0 Å². The van der Waals surface area contributed by atoms with E-state index in [4.69, 9.17) is 0 Å².